The van der Waals surface area contributed by atoms with Gasteiger partial charge in [-0.1, -0.05) is 33.6 Å². The molecule has 4 heteroatoms. The molecule has 0 bridgehead atoms. The summed E-state index contributed by atoms with van der Waals surface area (Å²) in [4.78, 5) is 2.38. The van der Waals surface area contributed by atoms with E-state index in [2.05, 4.69) is 20.8 Å². The molecule has 0 aliphatic carbocycles. The summed E-state index contributed by atoms with van der Waals surface area (Å²) in [5, 5.41) is 1.27. The minimum absolute atomic E-state index is 0.201. The third-order valence-corrected chi connectivity index (χ3v) is 4.04. The van der Waals surface area contributed by atoms with Crippen molar-refractivity contribution in [3.8, 4) is 0 Å². The maximum absolute atomic E-state index is 13.3. The quantitative estimate of drug-likeness (QED) is 0.755. The third kappa shape index (κ3) is 3.67. The number of halogens is 3. The van der Waals surface area contributed by atoms with E-state index in [0.29, 0.717) is 0 Å². The van der Waals surface area contributed by atoms with Crippen LogP contribution in [0.1, 0.15) is 18.4 Å². The Balaban J connectivity index is 1.91. The number of hydrogen-bond acceptors (Lipinski definition) is 1. The van der Waals surface area contributed by atoms with Gasteiger partial charge in [-0.2, -0.15) is 0 Å². The molecule has 1 atom stereocenters. The number of nitrogens with zero attached hydrogens (tertiary/aromatic N) is 1. The maximum Gasteiger partial charge on any atom is 0.142 e. The van der Waals surface area contributed by atoms with Gasteiger partial charge in [0.15, 0.2) is 0 Å². The van der Waals surface area contributed by atoms with Crippen LogP contribution in [-0.4, -0.2) is 23.3 Å². The van der Waals surface area contributed by atoms with Gasteiger partial charge in [-0.25, -0.2) is 4.39 Å². The number of benzene rings is 1. The van der Waals surface area contributed by atoms with E-state index >= 15 is 0 Å². The molecule has 0 aromatic heterocycles. The molecule has 1 aliphatic rings. The molecule has 1 fully saturated rings. The van der Waals surface area contributed by atoms with Crippen LogP contribution in [0.4, 0.5) is 4.39 Å². The fourth-order valence-electron chi connectivity index (χ4n) is 2.34. The van der Waals surface area contributed by atoms with Crippen LogP contribution >= 0.6 is 27.5 Å². The van der Waals surface area contributed by atoms with Gasteiger partial charge in [-0.05, 0) is 43.0 Å². The summed E-state index contributed by atoms with van der Waals surface area (Å²) < 4.78 is 13.3. The molecule has 1 aliphatic heterocycles. The lowest BCUT2D eigenvalue weighted by Gasteiger charge is -2.16. The maximum atomic E-state index is 13.3. The van der Waals surface area contributed by atoms with Gasteiger partial charge < -0.3 is 0 Å². The molecular formula is C13H16BrClFN. The predicted molar refractivity (Wildman–Crippen MR) is 73.2 cm³/mol. The SMILES string of the molecule is Fc1cc(CN2CCC(CCBr)C2)ccc1Cl. The zero-order chi connectivity index (χ0) is 12.3. The van der Waals surface area contributed by atoms with Crippen LogP contribution in [-0.2, 0) is 6.54 Å². The van der Waals surface area contributed by atoms with E-state index in [9.17, 15) is 4.39 Å². The van der Waals surface area contributed by atoms with Gasteiger partial charge in [-0.15, -0.1) is 0 Å². The first-order chi connectivity index (χ1) is 8.19. The van der Waals surface area contributed by atoms with E-state index in [4.69, 9.17) is 11.6 Å². The normalized spacial score (nSPS) is 21.0. The van der Waals surface area contributed by atoms with Crippen LogP contribution in [0.15, 0.2) is 18.2 Å². The van der Waals surface area contributed by atoms with Crippen molar-refractivity contribution in [2.45, 2.75) is 19.4 Å². The lowest BCUT2D eigenvalue weighted by Crippen LogP contribution is -2.20. The van der Waals surface area contributed by atoms with Crippen LogP contribution in [0.2, 0.25) is 5.02 Å². The van der Waals surface area contributed by atoms with Gasteiger partial charge >= 0.3 is 0 Å². The lowest BCUT2D eigenvalue weighted by molar-refractivity contribution is 0.315. The van der Waals surface area contributed by atoms with Gasteiger partial charge in [0.05, 0.1) is 5.02 Å². The van der Waals surface area contributed by atoms with E-state index in [1.807, 2.05) is 6.07 Å². The molecule has 0 saturated carbocycles. The molecule has 0 N–H and O–H groups in total. The highest BCUT2D eigenvalue weighted by atomic mass is 79.9. The fourth-order valence-corrected chi connectivity index (χ4v) is 3.11. The number of hydrogen-bond donors (Lipinski definition) is 0. The Hall–Kier alpha value is -0.120. The van der Waals surface area contributed by atoms with Crippen molar-refractivity contribution in [1.82, 2.24) is 4.90 Å². The Labute approximate surface area is 115 Å². The van der Waals surface area contributed by atoms with Gasteiger partial charge in [0, 0.05) is 18.4 Å². The number of alkyl halides is 1. The summed E-state index contributed by atoms with van der Waals surface area (Å²) in [5.41, 5.74) is 1.01. The van der Waals surface area contributed by atoms with Gasteiger partial charge in [0.2, 0.25) is 0 Å². The molecule has 2 rings (SSSR count). The first-order valence-corrected chi connectivity index (χ1v) is 7.41. The number of likely N-dealkylation sites (tertiary alicyclic amines) is 1. The first-order valence-electron chi connectivity index (χ1n) is 5.91. The molecular weight excluding hydrogens is 305 g/mol. The Kier molecular flexibility index (Phi) is 4.83. The average Bonchev–Trinajstić information content (AvgIpc) is 2.72. The summed E-state index contributed by atoms with van der Waals surface area (Å²) in [6.07, 6.45) is 2.48. The summed E-state index contributed by atoms with van der Waals surface area (Å²) >= 11 is 9.15. The van der Waals surface area contributed by atoms with Crippen molar-refractivity contribution >= 4 is 27.5 Å². The summed E-state index contributed by atoms with van der Waals surface area (Å²) in [6.45, 7) is 3.06. The van der Waals surface area contributed by atoms with Crippen LogP contribution in [0, 0.1) is 11.7 Å². The summed E-state index contributed by atoms with van der Waals surface area (Å²) in [7, 11) is 0. The molecule has 1 saturated heterocycles. The predicted octanol–water partition coefficient (Wildman–Crippen LogP) is 4.09. The topological polar surface area (TPSA) is 3.24 Å². The fraction of sp³-hybridized carbons (Fsp3) is 0.538. The third-order valence-electron chi connectivity index (χ3n) is 3.28. The van der Waals surface area contributed by atoms with Crippen LogP contribution < -0.4 is 0 Å². The minimum Gasteiger partial charge on any atom is -0.299 e. The average molecular weight is 321 g/mol. The van der Waals surface area contributed by atoms with Gasteiger partial charge in [-0.3, -0.25) is 4.90 Å². The summed E-state index contributed by atoms with van der Waals surface area (Å²) in [6, 6.07) is 5.08. The Morgan fingerprint density at radius 3 is 3.00 bits per heavy atom. The van der Waals surface area contributed by atoms with Crippen LogP contribution in [0.25, 0.3) is 0 Å². The van der Waals surface area contributed by atoms with Crippen molar-refractivity contribution < 1.29 is 4.39 Å². The molecule has 1 heterocycles. The Morgan fingerprint density at radius 1 is 1.47 bits per heavy atom. The number of rotatable bonds is 4. The second-order valence-corrected chi connectivity index (χ2v) is 5.82. The molecule has 0 amide bonds. The van der Waals surface area contributed by atoms with E-state index in [1.165, 1.54) is 12.8 Å². The highest BCUT2D eigenvalue weighted by molar-refractivity contribution is 9.09. The second kappa shape index (κ2) is 6.17. The second-order valence-electron chi connectivity index (χ2n) is 4.62. The zero-order valence-corrected chi connectivity index (χ0v) is 12.0. The highest BCUT2D eigenvalue weighted by Crippen LogP contribution is 2.23. The molecule has 0 radical (unpaired) electrons. The molecule has 1 aromatic rings. The van der Waals surface area contributed by atoms with Crippen molar-refractivity contribution in [2.24, 2.45) is 5.92 Å². The van der Waals surface area contributed by atoms with E-state index in [-0.39, 0.29) is 10.8 Å². The molecule has 94 valence electrons. The first kappa shape index (κ1) is 13.3. The monoisotopic (exact) mass is 319 g/mol. The Morgan fingerprint density at radius 2 is 2.29 bits per heavy atom. The minimum atomic E-state index is -0.319. The lowest BCUT2D eigenvalue weighted by atomic mass is 10.1. The van der Waals surface area contributed by atoms with Gasteiger partial charge in [0.25, 0.3) is 0 Å². The molecule has 1 nitrogen and oxygen atoms in total. The van der Waals surface area contributed by atoms with E-state index in [1.54, 1.807) is 12.1 Å². The van der Waals surface area contributed by atoms with Crippen molar-refractivity contribution in [1.29, 1.82) is 0 Å². The molecule has 1 unspecified atom stereocenters. The molecule has 1 aromatic carbocycles. The molecule has 17 heavy (non-hydrogen) atoms. The molecule has 0 spiro atoms. The van der Waals surface area contributed by atoms with Crippen molar-refractivity contribution in [2.75, 3.05) is 18.4 Å². The van der Waals surface area contributed by atoms with Gasteiger partial charge in [0.1, 0.15) is 5.82 Å². The zero-order valence-electron chi connectivity index (χ0n) is 9.63. The summed E-state index contributed by atoms with van der Waals surface area (Å²) in [5.74, 6) is 0.465. The van der Waals surface area contributed by atoms with Crippen molar-refractivity contribution in [3.05, 3.63) is 34.6 Å². The highest BCUT2D eigenvalue weighted by Gasteiger charge is 2.21. The van der Waals surface area contributed by atoms with Crippen LogP contribution in [0.3, 0.4) is 0 Å². The Bertz CT molecular complexity index is 386. The van der Waals surface area contributed by atoms with E-state index < -0.39 is 0 Å². The van der Waals surface area contributed by atoms with Crippen molar-refractivity contribution in [3.63, 3.8) is 0 Å². The van der Waals surface area contributed by atoms with E-state index in [0.717, 1.165) is 36.4 Å². The van der Waals surface area contributed by atoms with Crippen LogP contribution in [0.5, 0.6) is 0 Å². The largest absolute Gasteiger partial charge is 0.299 e. The standard InChI is InChI=1S/C13H16BrClFN/c14-5-3-10-4-6-17(8-10)9-11-1-2-12(15)13(16)7-11/h1-2,7,10H,3-6,8-9H2. The smallest absolute Gasteiger partial charge is 0.142 e.